The van der Waals surface area contributed by atoms with Crippen LogP contribution in [0, 0.1) is 11.6 Å². The predicted octanol–water partition coefficient (Wildman–Crippen LogP) is 2.09. The third-order valence-electron chi connectivity index (χ3n) is 3.41. The Hall–Kier alpha value is -3.49. The highest BCUT2D eigenvalue weighted by molar-refractivity contribution is 6.00. The molecule has 0 saturated heterocycles. The average molecular weight is 342 g/mol. The molecule has 126 valence electrons. The molecule has 0 saturated carbocycles. The van der Waals surface area contributed by atoms with Gasteiger partial charge in [-0.15, -0.1) is 5.10 Å². The Labute approximate surface area is 141 Å². The summed E-state index contributed by atoms with van der Waals surface area (Å²) in [4.78, 5) is 12.1. The lowest BCUT2D eigenvalue weighted by Crippen LogP contribution is -2.19. The Bertz CT molecular complexity index is 922. The molecule has 0 aliphatic heterocycles. The number of hydrogen-bond acceptors (Lipinski definition) is 5. The molecule has 3 aromatic rings. The molecule has 1 amide bonds. The van der Waals surface area contributed by atoms with E-state index < -0.39 is 17.5 Å². The number of aromatic nitrogens is 4. The lowest BCUT2D eigenvalue weighted by molar-refractivity contribution is 0.0955. The van der Waals surface area contributed by atoms with E-state index in [4.69, 9.17) is 0 Å². The third kappa shape index (κ3) is 3.71. The van der Waals surface area contributed by atoms with Crippen LogP contribution in [-0.4, -0.2) is 31.8 Å². The summed E-state index contributed by atoms with van der Waals surface area (Å²) in [6, 6.07) is 9.94. The van der Waals surface area contributed by atoms with Crippen molar-refractivity contribution in [1.29, 1.82) is 0 Å². The van der Waals surface area contributed by atoms with Gasteiger partial charge >= 0.3 is 0 Å². The van der Waals surface area contributed by atoms with Crippen LogP contribution in [0.15, 0.2) is 53.9 Å². The van der Waals surface area contributed by atoms with E-state index in [0.29, 0.717) is 22.5 Å². The second kappa shape index (κ2) is 6.95. The zero-order chi connectivity index (χ0) is 17.8. The van der Waals surface area contributed by atoms with E-state index in [0.717, 1.165) is 12.1 Å². The normalized spacial score (nSPS) is 11.4. The zero-order valence-electron chi connectivity index (χ0n) is 13.0. The van der Waals surface area contributed by atoms with Crippen molar-refractivity contribution >= 4 is 11.6 Å². The highest BCUT2D eigenvalue weighted by Gasteiger charge is 2.08. The molecular formula is C16H12F2N6O. The number of tetrazole rings is 1. The molecule has 0 atom stereocenters. The minimum Gasteiger partial charge on any atom is -0.267 e. The van der Waals surface area contributed by atoms with Gasteiger partial charge in [-0.2, -0.15) is 5.10 Å². The monoisotopic (exact) mass is 342 g/mol. The number of amides is 1. The van der Waals surface area contributed by atoms with Crippen LogP contribution in [0.2, 0.25) is 0 Å². The first-order valence-corrected chi connectivity index (χ1v) is 7.18. The molecule has 1 aromatic heterocycles. The van der Waals surface area contributed by atoms with Gasteiger partial charge in [0.2, 0.25) is 0 Å². The van der Waals surface area contributed by atoms with Crippen LogP contribution in [-0.2, 0) is 0 Å². The SMILES string of the molecule is C/C(=N\NC(=O)c1ccc(-n2cnnn2)cc1)c1ccc(F)c(F)c1. The first-order valence-electron chi connectivity index (χ1n) is 7.18. The van der Waals surface area contributed by atoms with Crippen molar-refractivity contribution in [2.45, 2.75) is 6.92 Å². The molecule has 0 radical (unpaired) electrons. The summed E-state index contributed by atoms with van der Waals surface area (Å²) in [7, 11) is 0. The van der Waals surface area contributed by atoms with Crippen molar-refractivity contribution < 1.29 is 13.6 Å². The maximum Gasteiger partial charge on any atom is 0.271 e. The second-order valence-corrected chi connectivity index (χ2v) is 5.07. The first-order chi connectivity index (χ1) is 12.0. The molecule has 0 spiro atoms. The van der Waals surface area contributed by atoms with Gasteiger partial charge in [-0.1, -0.05) is 0 Å². The second-order valence-electron chi connectivity index (χ2n) is 5.07. The number of hydrogen-bond donors (Lipinski definition) is 1. The molecular weight excluding hydrogens is 330 g/mol. The lowest BCUT2D eigenvalue weighted by Gasteiger charge is -2.05. The van der Waals surface area contributed by atoms with Crippen LogP contribution in [0.4, 0.5) is 8.78 Å². The molecule has 25 heavy (non-hydrogen) atoms. The molecule has 0 aliphatic carbocycles. The molecule has 1 heterocycles. The van der Waals surface area contributed by atoms with Crippen molar-refractivity contribution in [3.63, 3.8) is 0 Å². The van der Waals surface area contributed by atoms with Crippen molar-refractivity contribution in [3.8, 4) is 5.69 Å². The standard InChI is InChI=1S/C16H12F2N6O/c1-10(12-4-7-14(17)15(18)8-12)20-21-16(25)11-2-5-13(6-3-11)24-9-19-22-23-24/h2-9H,1H3,(H,21,25)/b20-10+. The van der Waals surface area contributed by atoms with Crippen LogP contribution in [0.1, 0.15) is 22.8 Å². The summed E-state index contributed by atoms with van der Waals surface area (Å²) in [5.74, 6) is -2.36. The van der Waals surface area contributed by atoms with Crippen molar-refractivity contribution in [2.75, 3.05) is 0 Å². The van der Waals surface area contributed by atoms with Gasteiger partial charge in [-0.3, -0.25) is 4.79 Å². The zero-order valence-corrected chi connectivity index (χ0v) is 13.0. The van der Waals surface area contributed by atoms with Gasteiger partial charge in [0.15, 0.2) is 11.6 Å². The van der Waals surface area contributed by atoms with Crippen LogP contribution in [0.25, 0.3) is 5.69 Å². The maximum atomic E-state index is 13.2. The Morgan fingerprint density at radius 2 is 1.80 bits per heavy atom. The van der Waals surface area contributed by atoms with Gasteiger partial charge < -0.3 is 0 Å². The van der Waals surface area contributed by atoms with Crippen LogP contribution in [0.5, 0.6) is 0 Å². The van der Waals surface area contributed by atoms with Gasteiger partial charge in [-0.05, 0) is 59.8 Å². The third-order valence-corrected chi connectivity index (χ3v) is 3.41. The highest BCUT2D eigenvalue weighted by atomic mass is 19.2. The van der Waals surface area contributed by atoms with E-state index in [1.165, 1.54) is 17.1 Å². The molecule has 9 heteroatoms. The van der Waals surface area contributed by atoms with Crippen molar-refractivity contribution in [2.24, 2.45) is 5.10 Å². The highest BCUT2D eigenvalue weighted by Crippen LogP contribution is 2.10. The molecule has 0 aliphatic rings. The van der Waals surface area contributed by atoms with Crippen LogP contribution < -0.4 is 5.43 Å². The Morgan fingerprint density at radius 1 is 1.08 bits per heavy atom. The van der Waals surface area contributed by atoms with E-state index in [9.17, 15) is 13.6 Å². The Morgan fingerprint density at radius 3 is 2.44 bits per heavy atom. The Kier molecular flexibility index (Phi) is 4.55. The topological polar surface area (TPSA) is 85.1 Å². The van der Waals surface area contributed by atoms with E-state index >= 15 is 0 Å². The van der Waals surface area contributed by atoms with Gasteiger partial charge in [0.25, 0.3) is 5.91 Å². The molecule has 0 unspecified atom stereocenters. The fourth-order valence-corrected chi connectivity index (χ4v) is 2.03. The van der Waals surface area contributed by atoms with Gasteiger partial charge in [-0.25, -0.2) is 18.9 Å². The quantitative estimate of drug-likeness (QED) is 0.581. The van der Waals surface area contributed by atoms with E-state index in [2.05, 4.69) is 26.1 Å². The number of carbonyl (C=O) groups excluding carboxylic acids is 1. The van der Waals surface area contributed by atoms with Gasteiger partial charge in [0, 0.05) is 11.1 Å². The maximum absolute atomic E-state index is 13.2. The Balaban J connectivity index is 1.70. The van der Waals surface area contributed by atoms with Crippen molar-refractivity contribution in [3.05, 3.63) is 71.6 Å². The number of nitrogens with one attached hydrogen (secondary N) is 1. The fourth-order valence-electron chi connectivity index (χ4n) is 2.03. The molecule has 3 rings (SSSR count). The molecule has 7 nitrogen and oxygen atoms in total. The van der Waals surface area contributed by atoms with E-state index in [-0.39, 0.29) is 0 Å². The fraction of sp³-hybridized carbons (Fsp3) is 0.0625. The molecule has 0 fully saturated rings. The number of carbonyl (C=O) groups is 1. The summed E-state index contributed by atoms with van der Waals surface area (Å²) in [5.41, 5.74) is 4.16. The van der Waals surface area contributed by atoms with E-state index in [1.54, 1.807) is 31.2 Å². The summed E-state index contributed by atoms with van der Waals surface area (Å²) in [6.07, 6.45) is 1.44. The number of benzene rings is 2. The minimum atomic E-state index is -0.975. The first kappa shape index (κ1) is 16.4. The number of hydrazone groups is 1. The summed E-state index contributed by atoms with van der Waals surface area (Å²) >= 11 is 0. The summed E-state index contributed by atoms with van der Waals surface area (Å²) < 4.78 is 27.6. The average Bonchev–Trinajstić information content (AvgIpc) is 3.16. The number of nitrogens with zero attached hydrogens (tertiary/aromatic N) is 5. The summed E-state index contributed by atoms with van der Waals surface area (Å²) in [6.45, 7) is 1.58. The molecule has 1 N–H and O–H groups in total. The molecule has 0 bridgehead atoms. The largest absolute Gasteiger partial charge is 0.271 e. The van der Waals surface area contributed by atoms with E-state index in [1.807, 2.05) is 0 Å². The van der Waals surface area contributed by atoms with Gasteiger partial charge in [0.05, 0.1) is 11.4 Å². The summed E-state index contributed by atoms with van der Waals surface area (Å²) in [5, 5.41) is 14.7. The van der Waals surface area contributed by atoms with Gasteiger partial charge in [0.1, 0.15) is 6.33 Å². The number of halogens is 2. The molecule has 2 aromatic carbocycles. The number of rotatable bonds is 4. The van der Waals surface area contributed by atoms with Crippen molar-refractivity contribution in [1.82, 2.24) is 25.6 Å². The minimum absolute atomic E-state index is 0.345. The smallest absolute Gasteiger partial charge is 0.267 e. The van der Waals surface area contributed by atoms with Crippen LogP contribution >= 0.6 is 0 Å². The predicted molar refractivity (Wildman–Crippen MR) is 85.2 cm³/mol. The lowest BCUT2D eigenvalue weighted by atomic mass is 10.1. The van der Waals surface area contributed by atoms with Crippen LogP contribution in [0.3, 0.4) is 0 Å².